The largest absolute Gasteiger partial charge is 0.411 e. The third-order valence-electron chi connectivity index (χ3n) is 3.95. The molecular weight excluding hydrogens is 270 g/mol. The van der Waals surface area contributed by atoms with Crippen LogP contribution in [0, 0.1) is 0 Å². The SMILES string of the molecule is CC1(C)C/C(=N\O)c2ccc(-c3cccc(Cl)c3)cc21. The van der Waals surface area contributed by atoms with Crippen molar-refractivity contribution in [3.63, 3.8) is 0 Å². The molecule has 2 aromatic carbocycles. The molecule has 0 atom stereocenters. The van der Waals surface area contributed by atoms with Gasteiger partial charge < -0.3 is 5.21 Å². The first kappa shape index (κ1) is 13.2. The number of hydrogen-bond acceptors (Lipinski definition) is 2. The first-order valence-corrected chi connectivity index (χ1v) is 7.01. The molecule has 2 aromatic rings. The van der Waals surface area contributed by atoms with Gasteiger partial charge in [0.15, 0.2) is 0 Å². The van der Waals surface area contributed by atoms with Crippen LogP contribution in [0.1, 0.15) is 31.4 Å². The summed E-state index contributed by atoms with van der Waals surface area (Å²) in [6, 6.07) is 14.1. The van der Waals surface area contributed by atoms with Crippen LogP contribution in [0.2, 0.25) is 5.02 Å². The molecule has 102 valence electrons. The van der Waals surface area contributed by atoms with Gasteiger partial charge in [-0.05, 0) is 40.3 Å². The molecule has 0 heterocycles. The van der Waals surface area contributed by atoms with Crippen molar-refractivity contribution >= 4 is 17.3 Å². The number of nitrogens with zero attached hydrogens (tertiary/aromatic N) is 1. The van der Waals surface area contributed by atoms with Crippen LogP contribution in [-0.4, -0.2) is 10.9 Å². The summed E-state index contributed by atoms with van der Waals surface area (Å²) in [4.78, 5) is 0. The van der Waals surface area contributed by atoms with E-state index >= 15 is 0 Å². The van der Waals surface area contributed by atoms with Gasteiger partial charge in [0.25, 0.3) is 0 Å². The third kappa shape index (κ3) is 2.10. The van der Waals surface area contributed by atoms with E-state index in [9.17, 15) is 0 Å². The zero-order chi connectivity index (χ0) is 14.3. The van der Waals surface area contributed by atoms with Crippen molar-refractivity contribution in [1.82, 2.24) is 0 Å². The highest BCUT2D eigenvalue weighted by atomic mass is 35.5. The lowest BCUT2D eigenvalue weighted by atomic mass is 9.85. The van der Waals surface area contributed by atoms with Crippen LogP contribution in [0.25, 0.3) is 11.1 Å². The van der Waals surface area contributed by atoms with Gasteiger partial charge in [-0.15, -0.1) is 0 Å². The number of fused-ring (bicyclic) bond motifs is 1. The van der Waals surface area contributed by atoms with Crippen LogP contribution < -0.4 is 0 Å². The Kier molecular flexibility index (Phi) is 3.06. The molecule has 0 spiro atoms. The fourth-order valence-electron chi connectivity index (χ4n) is 2.90. The molecule has 0 amide bonds. The van der Waals surface area contributed by atoms with Gasteiger partial charge in [0.2, 0.25) is 0 Å². The lowest BCUT2D eigenvalue weighted by Crippen LogP contribution is -2.12. The van der Waals surface area contributed by atoms with Crippen LogP contribution in [0.4, 0.5) is 0 Å². The van der Waals surface area contributed by atoms with Crippen LogP contribution in [0.3, 0.4) is 0 Å². The molecule has 0 bridgehead atoms. The summed E-state index contributed by atoms with van der Waals surface area (Å²) in [5, 5.41) is 13.3. The predicted octanol–water partition coefficient (Wildman–Crippen LogP) is 4.87. The summed E-state index contributed by atoms with van der Waals surface area (Å²) in [5.74, 6) is 0. The number of halogens is 1. The van der Waals surface area contributed by atoms with Crippen molar-refractivity contribution in [3.8, 4) is 11.1 Å². The molecule has 0 aromatic heterocycles. The summed E-state index contributed by atoms with van der Waals surface area (Å²) in [6.45, 7) is 4.34. The molecule has 1 aliphatic rings. The van der Waals surface area contributed by atoms with E-state index < -0.39 is 0 Å². The van der Waals surface area contributed by atoms with Crippen LogP contribution in [-0.2, 0) is 5.41 Å². The van der Waals surface area contributed by atoms with Gasteiger partial charge in [-0.25, -0.2) is 0 Å². The fraction of sp³-hybridized carbons (Fsp3) is 0.235. The van der Waals surface area contributed by atoms with Gasteiger partial charge in [0.05, 0.1) is 5.71 Å². The van der Waals surface area contributed by atoms with Crippen LogP contribution in [0.15, 0.2) is 47.6 Å². The van der Waals surface area contributed by atoms with Crippen LogP contribution >= 0.6 is 11.6 Å². The molecule has 2 nitrogen and oxygen atoms in total. The highest BCUT2D eigenvalue weighted by molar-refractivity contribution is 6.30. The lowest BCUT2D eigenvalue weighted by molar-refractivity contribution is 0.317. The molecule has 3 rings (SSSR count). The third-order valence-corrected chi connectivity index (χ3v) is 4.18. The van der Waals surface area contributed by atoms with Crippen molar-refractivity contribution in [1.29, 1.82) is 0 Å². The van der Waals surface area contributed by atoms with E-state index in [1.165, 1.54) is 5.56 Å². The van der Waals surface area contributed by atoms with Crippen molar-refractivity contribution in [2.75, 3.05) is 0 Å². The maximum absolute atomic E-state index is 9.14. The van der Waals surface area contributed by atoms with E-state index in [4.69, 9.17) is 16.8 Å². The molecule has 3 heteroatoms. The van der Waals surface area contributed by atoms with E-state index in [-0.39, 0.29) is 5.41 Å². The van der Waals surface area contributed by atoms with Gasteiger partial charge in [0.1, 0.15) is 0 Å². The summed E-state index contributed by atoms with van der Waals surface area (Å²) < 4.78 is 0. The smallest absolute Gasteiger partial charge is 0.0879 e. The number of rotatable bonds is 1. The minimum absolute atomic E-state index is 0.00845. The normalized spacial score (nSPS) is 18.2. The van der Waals surface area contributed by atoms with Crippen molar-refractivity contribution in [3.05, 3.63) is 58.6 Å². The zero-order valence-electron chi connectivity index (χ0n) is 11.5. The van der Waals surface area contributed by atoms with Gasteiger partial charge in [-0.2, -0.15) is 0 Å². The Morgan fingerprint density at radius 1 is 1.10 bits per heavy atom. The Morgan fingerprint density at radius 2 is 1.85 bits per heavy atom. The summed E-state index contributed by atoms with van der Waals surface area (Å²) in [7, 11) is 0. The molecule has 20 heavy (non-hydrogen) atoms. The predicted molar refractivity (Wildman–Crippen MR) is 82.9 cm³/mol. The molecule has 0 radical (unpaired) electrons. The Bertz CT molecular complexity index is 704. The van der Waals surface area contributed by atoms with Crippen molar-refractivity contribution < 1.29 is 5.21 Å². The Balaban J connectivity index is 2.15. The monoisotopic (exact) mass is 285 g/mol. The molecule has 1 N–H and O–H groups in total. The van der Waals surface area contributed by atoms with E-state index in [2.05, 4.69) is 37.2 Å². The Morgan fingerprint density at radius 3 is 2.55 bits per heavy atom. The topological polar surface area (TPSA) is 32.6 Å². The first-order valence-electron chi connectivity index (χ1n) is 6.63. The Labute approximate surface area is 123 Å². The lowest BCUT2D eigenvalue weighted by Gasteiger charge is -2.18. The summed E-state index contributed by atoms with van der Waals surface area (Å²) in [6.07, 6.45) is 0.762. The zero-order valence-corrected chi connectivity index (χ0v) is 12.3. The highest BCUT2D eigenvalue weighted by Gasteiger charge is 2.34. The summed E-state index contributed by atoms with van der Waals surface area (Å²) >= 11 is 6.06. The average Bonchev–Trinajstić information content (AvgIpc) is 2.70. The van der Waals surface area contributed by atoms with E-state index in [0.29, 0.717) is 0 Å². The second kappa shape index (κ2) is 4.64. The number of oxime groups is 1. The summed E-state index contributed by atoms with van der Waals surface area (Å²) in [5.41, 5.74) is 5.27. The maximum Gasteiger partial charge on any atom is 0.0879 e. The fourth-order valence-corrected chi connectivity index (χ4v) is 3.09. The number of hydrogen-bond donors (Lipinski definition) is 1. The Hall–Kier alpha value is -1.80. The molecule has 0 fully saturated rings. The molecular formula is C17H16ClNO. The second-order valence-electron chi connectivity index (χ2n) is 5.88. The molecule has 1 aliphatic carbocycles. The molecule has 0 unspecified atom stereocenters. The molecule has 0 saturated carbocycles. The minimum atomic E-state index is -0.00845. The van der Waals surface area contributed by atoms with E-state index in [0.717, 1.165) is 33.8 Å². The van der Waals surface area contributed by atoms with Crippen molar-refractivity contribution in [2.45, 2.75) is 25.7 Å². The highest BCUT2D eigenvalue weighted by Crippen LogP contribution is 2.40. The van der Waals surface area contributed by atoms with Gasteiger partial charge >= 0.3 is 0 Å². The van der Waals surface area contributed by atoms with Crippen LogP contribution in [0.5, 0.6) is 0 Å². The van der Waals surface area contributed by atoms with Crippen molar-refractivity contribution in [2.24, 2.45) is 5.16 Å². The van der Waals surface area contributed by atoms with Gasteiger partial charge in [-0.3, -0.25) is 0 Å². The molecule has 0 saturated heterocycles. The van der Waals surface area contributed by atoms with Gasteiger partial charge in [0, 0.05) is 17.0 Å². The second-order valence-corrected chi connectivity index (χ2v) is 6.31. The molecule has 0 aliphatic heterocycles. The van der Waals surface area contributed by atoms with Gasteiger partial charge in [-0.1, -0.05) is 54.9 Å². The van der Waals surface area contributed by atoms with E-state index in [1.54, 1.807) is 0 Å². The maximum atomic E-state index is 9.14. The standard InChI is InChI=1S/C17H16ClNO/c1-17(2)10-16(19-20)14-7-6-12(9-15(14)17)11-4-3-5-13(18)8-11/h3-9,20H,10H2,1-2H3/b19-16+. The minimum Gasteiger partial charge on any atom is -0.411 e. The first-order chi connectivity index (χ1) is 9.51. The quantitative estimate of drug-likeness (QED) is 0.588. The number of benzene rings is 2. The van der Waals surface area contributed by atoms with E-state index in [1.807, 2.05) is 24.3 Å². The average molecular weight is 286 g/mol.